The van der Waals surface area contributed by atoms with E-state index in [9.17, 15) is 13.2 Å². The lowest BCUT2D eigenvalue weighted by molar-refractivity contribution is 0.102. The van der Waals surface area contributed by atoms with Gasteiger partial charge in [-0.25, -0.2) is 8.42 Å². The third-order valence-electron chi connectivity index (χ3n) is 4.58. The Kier molecular flexibility index (Phi) is 6.97. The maximum absolute atomic E-state index is 12.6. The summed E-state index contributed by atoms with van der Waals surface area (Å²) in [6, 6.07) is 11.4. The highest BCUT2D eigenvalue weighted by atomic mass is 79.9. The van der Waals surface area contributed by atoms with Crippen LogP contribution in [0.25, 0.3) is 0 Å². The molecule has 0 unspecified atom stereocenters. The Balaban J connectivity index is 1.67. The first-order chi connectivity index (χ1) is 13.8. The molecule has 0 aromatic heterocycles. The second kappa shape index (κ2) is 9.28. The van der Waals surface area contributed by atoms with Gasteiger partial charge >= 0.3 is 0 Å². The molecule has 0 saturated carbocycles. The summed E-state index contributed by atoms with van der Waals surface area (Å²) in [5, 5.41) is 2.79. The molecule has 0 bridgehead atoms. The van der Waals surface area contributed by atoms with Crippen molar-refractivity contribution >= 4 is 37.5 Å². The van der Waals surface area contributed by atoms with Gasteiger partial charge in [0.2, 0.25) is 10.0 Å². The molecule has 29 heavy (non-hydrogen) atoms. The lowest BCUT2D eigenvalue weighted by Crippen LogP contribution is -2.27. The van der Waals surface area contributed by atoms with Crippen LogP contribution in [0.4, 0.5) is 5.69 Å². The minimum absolute atomic E-state index is 0.242. The van der Waals surface area contributed by atoms with Gasteiger partial charge in [-0.3, -0.25) is 4.79 Å². The fourth-order valence-corrected chi connectivity index (χ4v) is 5.02. The first-order valence-corrected chi connectivity index (χ1v) is 11.8. The standard InChI is InChI=1S/C21H25BrN2O4S/c1-15(2)14-28-20-10-5-16(13-19(20)22)21(25)23-17-6-8-18(9-7-17)29(26,27)24-11-3-4-12-24/h5-10,13,15H,3-4,11-12,14H2,1-2H3,(H,23,25). The van der Waals surface area contributed by atoms with E-state index in [2.05, 4.69) is 35.1 Å². The van der Waals surface area contributed by atoms with E-state index >= 15 is 0 Å². The Bertz CT molecular complexity index is 969. The smallest absolute Gasteiger partial charge is 0.255 e. The van der Waals surface area contributed by atoms with Gasteiger partial charge < -0.3 is 10.1 Å². The van der Waals surface area contributed by atoms with Crippen LogP contribution < -0.4 is 10.1 Å². The largest absolute Gasteiger partial charge is 0.492 e. The third-order valence-corrected chi connectivity index (χ3v) is 7.11. The molecule has 2 aromatic rings. The van der Waals surface area contributed by atoms with Crippen molar-refractivity contribution in [3.63, 3.8) is 0 Å². The summed E-state index contributed by atoms with van der Waals surface area (Å²) >= 11 is 3.44. The number of hydrogen-bond acceptors (Lipinski definition) is 4. The molecular formula is C21H25BrN2O4S. The van der Waals surface area contributed by atoms with Crippen LogP contribution in [0.1, 0.15) is 37.0 Å². The predicted molar refractivity (Wildman–Crippen MR) is 117 cm³/mol. The molecule has 3 rings (SSSR count). The van der Waals surface area contributed by atoms with Crippen LogP contribution in [0, 0.1) is 5.92 Å². The third kappa shape index (κ3) is 5.38. The Morgan fingerprint density at radius 1 is 1.14 bits per heavy atom. The number of sulfonamides is 1. The topological polar surface area (TPSA) is 75.7 Å². The molecule has 1 fully saturated rings. The molecule has 1 heterocycles. The van der Waals surface area contributed by atoms with Crippen molar-refractivity contribution < 1.29 is 17.9 Å². The van der Waals surface area contributed by atoms with Gasteiger partial charge in [0.05, 0.1) is 16.0 Å². The van der Waals surface area contributed by atoms with Crippen molar-refractivity contribution in [1.29, 1.82) is 0 Å². The summed E-state index contributed by atoms with van der Waals surface area (Å²) in [5.41, 5.74) is 1.01. The number of benzene rings is 2. The number of rotatable bonds is 7. The zero-order chi connectivity index (χ0) is 21.0. The lowest BCUT2D eigenvalue weighted by atomic mass is 10.2. The molecule has 1 saturated heterocycles. The van der Waals surface area contributed by atoms with E-state index in [0.29, 0.717) is 47.1 Å². The van der Waals surface area contributed by atoms with E-state index in [1.807, 2.05) is 0 Å². The number of ether oxygens (including phenoxy) is 1. The summed E-state index contributed by atoms with van der Waals surface area (Å²) in [6.45, 7) is 5.85. The average molecular weight is 481 g/mol. The number of carbonyl (C=O) groups is 1. The van der Waals surface area contributed by atoms with Gasteiger partial charge in [-0.15, -0.1) is 0 Å². The number of anilines is 1. The van der Waals surface area contributed by atoms with Crippen LogP contribution in [0.3, 0.4) is 0 Å². The molecule has 0 aliphatic carbocycles. The number of carbonyl (C=O) groups excluding carboxylic acids is 1. The van der Waals surface area contributed by atoms with Crippen LogP contribution in [0.15, 0.2) is 51.8 Å². The first kappa shape index (κ1) is 21.8. The second-order valence-corrected chi connectivity index (χ2v) is 10.2. The molecule has 0 spiro atoms. The van der Waals surface area contributed by atoms with Crippen LogP contribution >= 0.6 is 15.9 Å². The highest BCUT2D eigenvalue weighted by molar-refractivity contribution is 9.10. The summed E-state index contributed by atoms with van der Waals surface area (Å²) in [7, 11) is -3.46. The van der Waals surface area contributed by atoms with Crippen LogP contribution in [0.2, 0.25) is 0 Å². The van der Waals surface area contributed by atoms with Gasteiger partial charge in [0.1, 0.15) is 5.75 Å². The van der Waals surface area contributed by atoms with Crippen molar-refractivity contribution in [3.05, 3.63) is 52.5 Å². The number of nitrogens with zero attached hydrogens (tertiary/aromatic N) is 1. The molecule has 8 heteroatoms. The number of halogens is 1. The van der Waals surface area contributed by atoms with Crippen molar-refractivity contribution in [3.8, 4) is 5.75 Å². The average Bonchev–Trinajstić information content (AvgIpc) is 3.23. The Labute approximate surface area is 180 Å². The van der Waals surface area contributed by atoms with E-state index in [-0.39, 0.29) is 10.8 Å². The van der Waals surface area contributed by atoms with Gasteiger partial charge in [0, 0.05) is 24.3 Å². The molecule has 0 radical (unpaired) electrons. The van der Waals surface area contributed by atoms with Crippen molar-refractivity contribution in [2.24, 2.45) is 5.92 Å². The van der Waals surface area contributed by atoms with E-state index in [1.54, 1.807) is 30.3 Å². The quantitative estimate of drug-likeness (QED) is 0.631. The van der Waals surface area contributed by atoms with Gasteiger partial charge in [0.25, 0.3) is 5.91 Å². The van der Waals surface area contributed by atoms with Crippen molar-refractivity contribution in [1.82, 2.24) is 4.31 Å². The van der Waals surface area contributed by atoms with Gasteiger partial charge in [-0.05, 0) is 77.2 Å². The molecule has 1 aliphatic rings. The monoisotopic (exact) mass is 480 g/mol. The maximum Gasteiger partial charge on any atom is 0.255 e. The SMILES string of the molecule is CC(C)COc1ccc(C(=O)Nc2ccc(S(=O)(=O)N3CCCC3)cc2)cc1Br. The summed E-state index contributed by atoms with van der Waals surface area (Å²) < 4.78 is 33.1. The molecule has 1 amide bonds. The van der Waals surface area contributed by atoms with Crippen LogP contribution in [-0.2, 0) is 10.0 Å². The van der Waals surface area contributed by atoms with Crippen molar-refractivity contribution in [2.45, 2.75) is 31.6 Å². The van der Waals surface area contributed by atoms with Crippen molar-refractivity contribution in [2.75, 3.05) is 25.0 Å². The van der Waals surface area contributed by atoms with E-state index in [1.165, 1.54) is 16.4 Å². The molecule has 2 aromatic carbocycles. The number of amides is 1. The van der Waals surface area contributed by atoms with E-state index in [4.69, 9.17) is 4.74 Å². The van der Waals surface area contributed by atoms with Gasteiger partial charge in [0.15, 0.2) is 0 Å². The summed E-state index contributed by atoms with van der Waals surface area (Å²) in [5.74, 6) is 0.810. The minimum Gasteiger partial charge on any atom is -0.492 e. The molecule has 156 valence electrons. The Hall–Kier alpha value is -1.90. The maximum atomic E-state index is 12.6. The predicted octanol–water partition coefficient (Wildman–Crippen LogP) is 4.52. The Morgan fingerprint density at radius 3 is 2.38 bits per heavy atom. The molecule has 1 aliphatic heterocycles. The lowest BCUT2D eigenvalue weighted by Gasteiger charge is -2.15. The number of nitrogens with one attached hydrogen (secondary N) is 1. The van der Waals surface area contributed by atoms with E-state index < -0.39 is 10.0 Å². The van der Waals surface area contributed by atoms with Gasteiger partial charge in [-0.2, -0.15) is 4.31 Å². The fraction of sp³-hybridized carbons (Fsp3) is 0.381. The van der Waals surface area contributed by atoms with Crippen LogP contribution in [-0.4, -0.2) is 38.3 Å². The first-order valence-electron chi connectivity index (χ1n) is 9.61. The van der Waals surface area contributed by atoms with Crippen LogP contribution in [0.5, 0.6) is 5.75 Å². The number of hydrogen-bond donors (Lipinski definition) is 1. The Morgan fingerprint density at radius 2 is 1.79 bits per heavy atom. The fourth-order valence-electron chi connectivity index (χ4n) is 3.01. The molecule has 1 N–H and O–H groups in total. The summed E-state index contributed by atoms with van der Waals surface area (Å²) in [6.07, 6.45) is 1.79. The highest BCUT2D eigenvalue weighted by Gasteiger charge is 2.26. The highest BCUT2D eigenvalue weighted by Crippen LogP contribution is 2.27. The zero-order valence-corrected chi connectivity index (χ0v) is 18.9. The van der Waals surface area contributed by atoms with E-state index in [0.717, 1.165) is 12.8 Å². The van der Waals surface area contributed by atoms with Gasteiger partial charge in [-0.1, -0.05) is 13.8 Å². The second-order valence-electron chi connectivity index (χ2n) is 7.44. The normalized spacial score (nSPS) is 14.9. The summed E-state index contributed by atoms with van der Waals surface area (Å²) in [4.78, 5) is 12.8. The molecule has 0 atom stereocenters. The zero-order valence-electron chi connectivity index (χ0n) is 16.5. The molecular weight excluding hydrogens is 456 g/mol. The minimum atomic E-state index is -3.46. The molecule has 6 nitrogen and oxygen atoms in total.